The fourth-order valence-electron chi connectivity index (χ4n) is 3.39. The molecule has 0 fully saturated rings. The van der Waals surface area contributed by atoms with Gasteiger partial charge in [0.25, 0.3) is 0 Å². The summed E-state index contributed by atoms with van der Waals surface area (Å²) >= 11 is 0. The number of carbonyl (C=O) groups is 2. The Kier molecular flexibility index (Phi) is 7.47. The van der Waals surface area contributed by atoms with Gasteiger partial charge in [-0.2, -0.15) is 0 Å². The molecule has 0 saturated carbocycles. The Bertz CT molecular complexity index is 1280. The molecule has 182 valence electrons. The second-order valence-corrected chi connectivity index (χ2v) is 8.53. The van der Waals surface area contributed by atoms with Crippen molar-refractivity contribution in [1.29, 1.82) is 0 Å². The monoisotopic (exact) mass is 482 g/mol. The van der Waals surface area contributed by atoms with Crippen LogP contribution in [0.2, 0.25) is 0 Å². The molecule has 0 aromatic heterocycles. The lowest BCUT2D eigenvalue weighted by Crippen LogP contribution is -2.16. The molecule has 0 amide bonds. The number of aliphatic hydroxyl groups is 1. The number of benzene rings is 4. The van der Waals surface area contributed by atoms with Crippen molar-refractivity contribution in [3.8, 4) is 17.2 Å². The maximum atomic E-state index is 12.9. The maximum absolute atomic E-state index is 12.9. The molecule has 6 heteroatoms. The standard InChI is InChI=1S/C30H26O6/c1-19-4-10-25(11-5-19)34-28(31)22-16-23(29(32)35-26-12-6-20(2)7-13-26)18-24(17-22)30(33)36-27-14-8-21(3)9-15-27/h4-18,28,31H,1-3H3. The van der Waals surface area contributed by atoms with E-state index in [0.29, 0.717) is 17.2 Å². The lowest BCUT2D eigenvalue weighted by Gasteiger charge is -2.16. The van der Waals surface area contributed by atoms with Crippen molar-refractivity contribution in [2.75, 3.05) is 0 Å². The molecule has 0 saturated heterocycles. The van der Waals surface area contributed by atoms with E-state index >= 15 is 0 Å². The molecule has 0 aliphatic rings. The van der Waals surface area contributed by atoms with Gasteiger partial charge < -0.3 is 19.3 Å². The highest BCUT2D eigenvalue weighted by molar-refractivity contribution is 5.97. The maximum Gasteiger partial charge on any atom is 0.343 e. The number of hydrogen-bond acceptors (Lipinski definition) is 6. The topological polar surface area (TPSA) is 82.1 Å². The third-order valence-electron chi connectivity index (χ3n) is 5.44. The van der Waals surface area contributed by atoms with Crippen molar-refractivity contribution in [3.63, 3.8) is 0 Å². The molecular formula is C30H26O6. The molecule has 4 aromatic carbocycles. The number of ether oxygens (including phenoxy) is 3. The number of carbonyl (C=O) groups excluding carboxylic acids is 2. The van der Waals surface area contributed by atoms with Crippen molar-refractivity contribution in [1.82, 2.24) is 0 Å². The molecule has 0 bridgehead atoms. The third kappa shape index (κ3) is 6.37. The fourth-order valence-corrected chi connectivity index (χ4v) is 3.39. The summed E-state index contributed by atoms with van der Waals surface area (Å²) < 4.78 is 16.6. The average Bonchev–Trinajstić information content (AvgIpc) is 2.87. The van der Waals surface area contributed by atoms with Crippen LogP contribution in [0.3, 0.4) is 0 Å². The first-order valence-electron chi connectivity index (χ1n) is 11.4. The zero-order valence-electron chi connectivity index (χ0n) is 20.2. The molecule has 1 N–H and O–H groups in total. The van der Waals surface area contributed by atoms with Crippen molar-refractivity contribution >= 4 is 11.9 Å². The van der Waals surface area contributed by atoms with Crippen LogP contribution in [0.5, 0.6) is 17.2 Å². The van der Waals surface area contributed by atoms with Crippen molar-refractivity contribution in [2.24, 2.45) is 0 Å². The van der Waals surface area contributed by atoms with Crippen LogP contribution in [0.25, 0.3) is 0 Å². The molecule has 4 rings (SSSR count). The van der Waals surface area contributed by atoms with Gasteiger partial charge in [0.05, 0.1) is 11.1 Å². The Morgan fingerprint density at radius 2 is 0.944 bits per heavy atom. The number of esters is 2. The quantitative estimate of drug-likeness (QED) is 0.194. The van der Waals surface area contributed by atoms with E-state index in [0.717, 1.165) is 16.7 Å². The van der Waals surface area contributed by atoms with Crippen molar-refractivity contribution in [3.05, 3.63) is 124 Å². The summed E-state index contributed by atoms with van der Waals surface area (Å²) in [6.07, 6.45) is -1.44. The summed E-state index contributed by atoms with van der Waals surface area (Å²) in [7, 11) is 0. The van der Waals surface area contributed by atoms with Crippen molar-refractivity contribution in [2.45, 2.75) is 27.1 Å². The van der Waals surface area contributed by atoms with Gasteiger partial charge in [0.15, 0.2) is 0 Å². The fraction of sp³-hybridized carbons (Fsp3) is 0.133. The minimum Gasteiger partial charge on any atom is -0.461 e. The second-order valence-electron chi connectivity index (χ2n) is 8.53. The van der Waals surface area contributed by atoms with Crippen LogP contribution >= 0.6 is 0 Å². The smallest absolute Gasteiger partial charge is 0.343 e. The zero-order valence-corrected chi connectivity index (χ0v) is 20.2. The van der Waals surface area contributed by atoms with Gasteiger partial charge >= 0.3 is 11.9 Å². The summed E-state index contributed by atoms with van der Waals surface area (Å²) in [5.41, 5.74) is 3.42. The van der Waals surface area contributed by atoms with E-state index in [1.54, 1.807) is 36.4 Å². The Hall–Kier alpha value is -4.42. The highest BCUT2D eigenvalue weighted by Crippen LogP contribution is 2.25. The van der Waals surface area contributed by atoms with Gasteiger partial charge in [-0.05, 0) is 75.4 Å². The highest BCUT2D eigenvalue weighted by Gasteiger charge is 2.20. The van der Waals surface area contributed by atoms with Gasteiger partial charge in [0.1, 0.15) is 17.2 Å². The summed E-state index contributed by atoms with van der Waals surface area (Å²) in [6.45, 7) is 5.79. The largest absolute Gasteiger partial charge is 0.461 e. The van der Waals surface area contributed by atoms with Crippen LogP contribution in [0.15, 0.2) is 91.0 Å². The summed E-state index contributed by atoms with van der Waals surface area (Å²) in [4.78, 5) is 25.9. The van der Waals surface area contributed by atoms with E-state index in [2.05, 4.69) is 0 Å². The molecule has 1 unspecified atom stereocenters. The van der Waals surface area contributed by atoms with E-state index in [9.17, 15) is 14.7 Å². The normalized spacial score (nSPS) is 11.4. The first kappa shape index (κ1) is 24.7. The van der Waals surface area contributed by atoms with Crippen LogP contribution in [0.4, 0.5) is 0 Å². The number of aliphatic hydroxyl groups excluding tert-OH is 1. The summed E-state index contributed by atoms with van der Waals surface area (Å²) in [6, 6.07) is 25.4. The van der Waals surface area contributed by atoms with Gasteiger partial charge in [0.2, 0.25) is 6.29 Å². The predicted octanol–water partition coefficient (Wildman–Crippen LogP) is 6.12. The van der Waals surface area contributed by atoms with Gasteiger partial charge in [-0.1, -0.05) is 53.1 Å². The van der Waals surface area contributed by atoms with E-state index in [1.165, 1.54) is 18.2 Å². The van der Waals surface area contributed by atoms with E-state index < -0.39 is 18.2 Å². The Morgan fingerprint density at radius 3 is 1.33 bits per heavy atom. The number of hydrogen-bond donors (Lipinski definition) is 1. The molecule has 0 aliphatic carbocycles. The first-order chi connectivity index (χ1) is 17.3. The predicted molar refractivity (Wildman–Crippen MR) is 135 cm³/mol. The Balaban J connectivity index is 1.63. The SMILES string of the molecule is Cc1ccc(OC(=O)c2cc(C(=O)Oc3ccc(C)cc3)cc(C(O)Oc3ccc(C)cc3)c2)cc1. The molecule has 36 heavy (non-hydrogen) atoms. The average molecular weight is 483 g/mol. The molecule has 0 radical (unpaired) electrons. The van der Waals surface area contributed by atoms with Crippen LogP contribution in [-0.4, -0.2) is 17.0 Å². The molecule has 6 nitrogen and oxygen atoms in total. The molecule has 4 aromatic rings. The van der Waals surface area contributed by atoms with E-state index in [-0.39, 0.29) is 16.7 Å². The Morgan fingerprint density at radius 1 is 0.583 bits per heavy atom. The van der Waals surface area contributed by atoms with Gasteiger partial charge in [-0.15, -0.1) is 0 Å². The minimum atomic E-state index is -1.44. The zero-order chi connectivity index (χ0) is 25.7. The van der Waals surface area contributed by atoms with E-state index in [4.69, 9.17) is 14.2 Å². The molecule has 0 spiro atoms. The third-order valence-corrected chi connectivity index (χ3v) is 5.44. The summed E-state index contributed by atoms with van der Waals surface area (Å²) in [5.74, 6) is -0.225. The summed E-state index contributed by atoms with van der Waals surface area (Å²) in [5, 5.41) is 10.8. The molecule has 1 atom stereocenters. The second kappa shape index (κ2) is 10.9. The molecule has 0 heterocycles. The van der Waals surface area contributed by atoms with E-state index in [1.807, 2.05) is 57.2 Å². The van der Waals surface area contributed by atoms with Crippen LogP contribution in [0, 0.1) is 20.8 Å². The minimum absolute atomic E-state index is 0.0653. The first-order valence-corrected chi connectivity index (χ1v) is 11.4. The highest BCUT2D eigenvalue weighted by atomic mass is 16.6. The van der Waals surface area contributed by atoms with Gasteiger partial charge in [0, 0.05) is 5.56 Å². The Labute approximate surface area is 209 Å². The van der Waals surface area contributed by atoms with Gasteiger partial charge in [-0.25, -0.2) is 9.59 Å². The number of aryl methyl sites for hydroxylation is 3. The van der Waals surface area contributed by atoms with Crippen LogP contribution in [0.1, 0.15) is 49.3 Å². The lowest BCUT2D eigenvalue weighted by molar-refractivity contribution is -0.0195. The lowest BCUT2D eigenvalue weighted by atomic mass is 10.0. The molecule has 0 aliphatic heterocycles. The van der Waals surface area contributed by atoms with Crippen LogP contribution < -0.4 is 14.2 Å². The van der Waals surface area contributed by atoms with Crippen molar-refractivity contribution < 1.29 is 28.9 Å². The molecular weight excluding hydrogens is 456 g/mol. The van der Waals surface area contributed by atoms with Gasteiger partial charge in [-0.3, -0.25) is 0 Å². The number of rotatable bonds is 7. The van der Waals surface area contributed by atoms with Crippen LogP contribution in [-0.2, 0) is 0 Å².